The largest absolute Gasteiger partial charge is 0.355 e. The van der Waals surface area contributed by atoms with Crippen LogP contribution in [0.4, 0.5) is 5.69 Å². The topological polar surface area (TPSA) is 62.6 Å². The molecular formula is C20H24N3O2S+. The summed E-state index contributed by atoms with van der Waals surface area (Å²) in [6.45, 7) is 1.52. The van der Waals surface area contributed by atoms with Gasteiger partial charge >= 0.3 is 0 Å². The predicted molar refractivity (Wildman–Crippen MR) is 103 cm³/mol. The van der Waals surface area contributed by atoms with E-state index in [2.05, 4.69) is 22.1 Å². The van der Waals surface area contributed by atoms with Gasteiger partial charge in [-0.25, -0.2) is 0 Å². The van der Waals surface area contributed by atoms with Crippen molar-refractivity contribution in [3.05, 3.63) is 51.7 Å². The van der Waals surface area contributed by atoms with E-state index in [1.807, 2.05) is 11.3 Å². The van der Waals surface area contributed by atoms with Gasteiger partial charge in [0.25, 0.3) is 11.8 Å². The molecule has 26 heavy (non-hydrogen) atoms. The minimum absolute atomic E-state index is 0.0389. The third kappa shape index (κ3) is 3.52. The van der Waals surface area contributed by atoms with E-state index < -0.39 is 0 Å². The number of rotatable bonds is 5. The van der Waals surface area contributed by atoms with E-state index in [0.29, 0.717) is 18.2 Å². The van der Waals surface area contributed by atoms with Gasteiger partial charge in [0, 0.05) is 41.1 Å². The van der Waals surface area contributed by atoms with Crippen LogP contribution in [-0.4, -0.2) is 32.0 Å². The maximum atomic E-state index is 12.6. The minimum atomic E-state index is -0.125. The molecule has 2 amide bonds. The van der Waals surface area contributed by atoms with Gasteiger partial charge in [0.15, 0.2) is 6.54 Å². The van der Waals surface area contributed by atoms with Crippen molar-refractivity contribution in [1.82, 2.24) is 5.32 Å². The summed E-state index contributed by atoms with van der Waals surface area (Å²) in [6, 6.07) is 9.76. The van der Waals surface area contributed by atoms with Crippen LogP contribution in [0.15, 0.2) is 35.7 Å². The molecule has 1 aromatic heterocycles. The summed E-state index contributed by atoms with van der Waals surface area (Å²) in [5.74, 6) is 0.648. The Kier molecular flexibility index (Phi) is 4.78. The molecule has 2 atom stereocenters. The van der Waals surface area contributed by atoms with E-state index >= 15 is 0 Å². The first-order valence-corrected chi connectivity index (χ1v) is 10.1. The molecule has 2 heterocycles. The lowest BCUT2D eigenvalue weighted by atomic mass is 9.96. The molecule has 1 aromatic carbocycles. The molecule has 0 saturated heterocycles. The summed E-state index contributed by atoms with van der Waals surface area (Å²) in [5, 5.41) is 7.77. The van der Waals surface area contributed by atoms with Gasteiger partial charge in [0.05, 0.1) is 6.54 Å². The molecular weight excluding hydrogens is 346 g/mol. The maximum absolute atomic E-state index is 12.6. The van der Waals surface area contributed by atoms with Crippen LogP contribution in [0, 0.1) is 5.92 Å². The number of amides is 2. The number of anilines is 1. The summed E-state index contributed by atoms with van der Waals surface area (Å²) in [7, 11) is 1.61. The summed E-state index contributed by atoms with van der Waals surface area (Å²) >= 11 is 1.86. The Bertz CT molecular complexity index is 811. The average Bonchev–Trinajstić information content (AvgIpc) is 3.37. The van der Waals surface area contributed by atoms with Crippen LogP contribution in [0.1, 0.15) is 39.7 Å². The van der Waals surface area contributed by atoms with E-state index in [9.17, 15) is 9.59 Å². The number of carbonyl (C=O) groups is 2. The van der Waals surface area contributed by atoms with Gasteiger partial charge < -0.3 is 15.5 Å². The lowest BCUT2D eigenvalue weighted by Crippen LogP contribution is -3.14. The Morgan fingerprint density at radius 3 is 2.65 bits per heavy atom. The van der Waals surface area contributed by atoms with Gasteiger partial charge in [0.1, 0.15) is 6.04 Å². The molecule has 3 N–H and O–H groups in total. The van der Waals surface area contributed by atoms with Crippen molar-refractivity contribution in [2.24, 2.45) is 5.92 Å². The third-order valence-corrected chi connectivity index (χ3v) is 6.36. The van der Waals surface area contributed by atoms with Gasteiger partial charge in [-0.1, -0.05) is 0 Å². The molecule has 5 nitrogen and oxygen atoms in total. The molecule has 0 bridgehead atoms. The predicted octanol–water partition coefficient (Wildman–Crippen LogP) is 1.64. The standard InChI is InChI=1S/C20H23N3O2S/c1-21-20(25)14-4-6-15(7-5-14)22-18(24)12-23-10-8-17-16(9-11-26-17)19(23)13-2-3-13/h4-7,9,11,13,19H,2-3,8,10,12H2,1H3,(H,21,25)(H,22,24)/p+1/t19-/m0/s1. The van der Waals surface area contributed by atoms with Crippen LogP contribution < -0.4 is 15.5 Å². The highest BCUT2D eigenvalue weighted by atomic mass is 32.1. The van der Waals surface area contributed by atoms with E-state index in [0.717, 1.165) is 24.6 Å². The van der Waals surface area contributed by atoms with Crippen molar-refractivity contribution in [1.29, 1.82) is 0 Å². The number of quaternary nitrogens is 1. The second-order valence-electron chi connectivity index (χ2n) is 7.15. The zero-order chi connectivity index (χ0) is 18.1. The highest BCUT2D eigenvalue weighted by molar-refractivity contribution is 7.10. The summed E-state index contributed by atoms with van der Waals surface area (Å²) in [4.78, 5) is 27.1. The molecule has 0 spiro atoms. The van der Waals surface area contributed by atoms with Crippen molar-refractivity contribution in [3.8, 4) is 0 Å². The first kappa shape index (κ1) is 17.2. The van der Waals surface area contributed by atoms with Crippen LogP contribution in [-0.2, 0) is 11.2 Å². The Balaban J connectivity index is 1.41. The van der Waals surface area contributed by atoms with Crippen molar-refractivity contribution < 1.29 is 14.5 Å². The quantitative estimate of drug-likeness (QED) is 0.749. The van der Waals surface area contributed by atoms with Crippen molar-refractivity contribution >= 4 is 28.8 Å². The van der Waals surface area contributed by atoms with Crippen LogP contribution in [0.2, 0.25) is 0 Å². The van der Waals surface area contributed by atoms with Gasteiger partial charge in [-0.15, -0.1) is 11.3 Å². The summed E-state index contributed by atoms with van der Waals surface area (Å²) < 4.78 is 0. The normalized spacial score (nSPS) is 21.7. The van der Waals surface area contributed by atoms with Gasteiger partial charge in [0.2, 0.25) is 0 Å². The highest BCUT2D eigenvalue weighted by Crippen LogP contribution is 2.42. The molecule has 0 radical (unpaired) electrons. The fourth-order valence-corrected chi connectivity index (χ4v) is 4.89. The molecule has 1 unspecified atom stereocenters. The first-order valence-electron chi connectivity index (χ1n) is 9.18. The van der Waals surface area contributed by atoms with Crippen LogP contribution >= 0.6 is 11.3 Å². The van der Waals surface area contributed by atoms with Crippen LogP contribution in [0.3, 0.4) is 0 Å². The molecule has 4 rings (SSSR count). The monoisotopic (exact) mass is 370 g/mol. The van der Waals surface area contributed by atoms with Crippen molar-refractivity contribution in [2.75, 3.05) is 25.5 Å². The highest BCUT2D eigenvalue weighted by Gasteiger charge is 2.43. The molecule has 1 aliphatic heterocycles. The number of nitrogens with one attached hydrogen (secondary N) is 3. The molecule has 2 aliphatic rings. The molecule has 1 aliphatic carbocycles. The molecule has 2 aromatic rings. The van der Waals surface area contributed by atoms with Gasteiger partial charge in [-0.05, 0) is 48.6 Å². The maximum Gasteiger partial charge on any atom is 0.279 e. The Hall–Kier alpha value is -2.18. The second-order valence-corrected chi connectivity index (χ2v) is 8.15. The number of fused-ring (bicyclic) bond motifs is 1. The lowest BCUT2D eigenvalue weighted by molar-refractivity contribution is -0.928. The number of carbonyl (C=O) groups excluding carboxylic acids is 2. The fourth-order valence-electron chi connectivity index (χ4n) is 3.96. The smallest absolute Gasteiger partial charge is 0.279 e. The lowest BCUT2D eigenvalue weighted by Gasteiger charge is -2.32. The molecule has 6 heteroatoms. The number of benzene rings is 1. The van der Waals surface area contributed by atoms with Crippen molar-refractivity contribution in [3.63, 3.8) is 0 Å². The molecule has 1 saturated carbocycles. The third-order valence-electron chi connectivity index (χ3n) is 5.37. The number of thiophene rings is 1. The van der Waals surface area contributed by atoms with E-state index in [1.165, 1.54) is 28.2 Å². The zero-order valence-electron chi connectivity index (χ0n) is 14.9. The summed E-state index contributed by atoms with van der Waals surface area (Å²) in [6.07, 6.45) is 3.64. The Morgan fingerprint density at radius 2 is 1.96 bits per heavy atom. The van der Waals surface area contributed by atoms with E-state index in [1.54, 1.807) is 31.3 Å². The van der Waals surface area contributed by atoms with Crippen molar-refractivity contribution in [2.45, 2.75) is 25.3 Å². The molecule has 136 valence electrons. The fraction of sp³-hybridized carbons (Fsp3) is 0.400. The second kappa shape index (κ2) is 7.21. The molecule has 1 fully saturated rings. The summed E-state index contributed by atoms with van der Waals surface area (Å²) in [5.41, 5.74) is 2.80. The van der Waals surface area contributed by atoms with Crippen LogP contribution in [0.25, 0.3) is 0 Å². The van der Waals surface area contributed by atoms with Crippen LogP contribution in [0.5, 0.6) is 0 Å². The minimum Gasteiger partial charge on any atom is -0.355 e. The SMILES string of the molecule is CNC(=O)c1ccc(NC(=O)C[NH+]2CCc3sccc3[C@@H]2C2CC2)cc1. The zero-order valence-corrected chi connectivity index (χ0v) is 15.7. The number of hydrogen-bond acceptors (Lipinski definition) is 3. The number of hydrogen-bond donors (Lipinski definition) is 3. The van der Waals surface area contributed by atoms with Gasteiger partial charge in [-0.2, -0.15) is 0 Å². The Morgan fingerprint density at radius 1 is 1.19 bits per heavy atom. The van der Waals surface area contributed by atoms with E-state index in [4.69, 9.17) is 0 Å². The Labute approximate surface area is 157 Å². The van der Waals surface area contributed by atoms with Gasteiger partial charge in [-0.3, -0.25) is 9.59 Å². The average molecular weight is 370 g/mol. The first-order chi connectivity index (χ1) is 12.7. The van der Waals surface area contributed by atoms with E-state index in [-0.39, 0.29) is 11.8 Å².